The standard InChI is InChI=1S/C16H20ClFN2O/c17-15-13(4-1-5-14(15)18)16(21)20(12-6-7-12)10-11-3-2-8-19-9-11/h1,4-5,11-12,19H,2-3,6-10H2. The molecule has 1 heterocycles. The lowest BCUT2D eigenvalue weighted by Gasteiger charge is -2.30. The summed E-state index contributed by atoms with van der Waals surface area (Å²) in [4.78, 5) is 14.6. The molecule has 114 valence electrons. The predicted molar refractivity (Wildman–Crippen MR) is 81.1 cm³/mol. The maximum absolute atomic E-state index is 13.6. The predicted octanol–water partition coefficient (Wildman–Crippen LogP) is 3.08. The van der Waals surface area contributed by atoms with Gasteiger partial charge in [-0.3, -0.25) is 4.79 Å². The molecule has 1 aromatic rings. The molecule has 1 aromatic carbocycles. The van der Waals surface area contributed by atoms with Crippen LogP contribution in [0.25, 0.3) is 0 Å². The fourth-order valence-corrected chi connectivity index (χ4v) is 3.17. The Morgan fingerprint density at radius 1 is 1.38 bits per heavy atom. The Kier molecular flexibility index (Phi) is 4.45. The Bertz CT molecular complexity index is 527. The normalized spacial score (nSPS) is 22.1. The molecule has 21 heavy (non-hydrogen) atoms. The first-order valence-corrected chi connectivity index (χ1v) is 8.00. The second kappa shape index (κ2) is 6.32. The number of carbonyl (C=O) groups is 1. The summed E-state index contributed by atoms with van der Waals surface area (Å²) in [6.07, 6.45) is 4.37. The van der Waals surface area contributed by atoms with E-state index in [-0.39, 0.29) is 16.5 Å². The van der Waals surface area contributed by atoms with Crippen LogP contribution in [0.5, 0.6) is 0 Å². The van der Waals surface area contributed by atoms with Gasteiger partial charge < -0.3 is 10.2 Å². The molecule has 0 bridgehead atoms. The van der Waals surface area contributed by atoms with Crippen LogP contribution in [0, 0.1) is 11.7 Å². The molecule has 1 atom stereocenters. The van der Waals surface area contributed by atoms with Crippen LogP contribution >= 0.6 is 11.6 Å². The second-order valence-corrected chi connectivity index (χ2v) is 6.38. The van der Waals surface area contributed by atoms with E-state index in [4.69, 9.17) is 11.6 Å². The number of nitrogens with zero attached hydrogens (tertiary/aromatic N) is 1. The number of hydrogen-bond acceptors (Lipinski definition) is 2. The number of nitrogens with one attached hydrogen (secondary N) is 1. The van der Waals surface area contributed by atoms with Gasteiger partial charge in [0, 0.05) is 12.6 Å². The Balaban J connectivity index is 1.76. The first-order chi connectivity index (χ1) is 10.2. The summed E-state index contributed by atoms with van der Waals surface area (Å²) in [5.74, 6) is -0.180. The van der Waals surface area contributed by atoms with Crippen molar-refractivity contribution in [2.24, 2.45) is 5.92 Å². The van der Waals surface area contributed by atoms with Crippen molar-refractivity contribution in [1.82, 2.24) is 10.2 Å². The van der Waals surface area contributed by atoms with E-state index in [1.54, 1.807) is 12.1 Å². The van der Waals surface area contributed by atoms with Crippen LogP contribution in [0.15, 0.2) is 18.2 Å². The first-order valence-electron chi connectivity index (χ1n) is 7.62. The molecule has 1 amide bonds. The highest BCUT2D eigenvalue weighted by Gasteiger charge is 2.35. The highest BCUT2D eigenvalue weighted by Crippen LogP contribution is 2.31. The van der Waals surface area contributed by atoms with E-state index in [9.17, 15) is 9.18 Å². The fourth-order valence-electron chi connectivity index (χ4n) is 2.97. The zero-order valence-corrected chi connectivity index (χ0v) is 12.7. The molecule has 0 aromatic heterocycles. The summed E-state index contributed by atoms with van der Waals surface area (Å²) in [7, 11) is 0. The van der Waals surface area contributed by atoms with Gasteiger partial charge in [-0.1, -0.05) is 17.7 Å². The van der Waals surface area contributed by atoms with Gasteiger partial charge in [0.15, 0.2) is 0 Å². The minimum Gasteiger partial charge on any atom is -0.335 e. The summed E-state index contributed by atoms with van der Waals surface area (Å²) < 4.78 is 13.6. The maximum atomic E-state index is 13.6. The molecule has 5 heteroatoms. The average molecular weight is 311 g/mol. The molecule has 0 spiro atoms. The lowest BCUT2D eigenvalue weighted by Crippen LogP contribution is -2.42. The van der Waals surface area contributed by atoms with Gasteiger partial charge in [-0.15, -0.1) is 0 Å². The lowest BCUT2D eigenvalue weighted by molar-refractivity contribution is 0.0704. The molecule has 1 aliphatic carbocycles. The van der Waals surface area contributed by atoms with Gasteiger partial charge in [-0.05, 0) is 56.8 Å². The van der Waals surface area contributed by atoms with Crippen LogP contribution < -0.4 is 5.32 Å². The quantitative estimate of drug-likeness (QED) is 0.927. The van der Waals surface area contributed by atoms with E-state index in [1.807, 2.05) is 4.90 Å². The summed E-state index contributed by atoms with van der Waals surface area (Å²) >= 11 is 5.97. The van der Waals surface area contributed by atoms with Crippen molar-refractivity contribution in [2.45, 2.75) is 31.7 Å². The summed E-state index contributed by atoms with van der Waals surface area (Å²) in [6, 6.07) is 4.74. The number of amides is 1. The van der Waals surface area contributed by atoms with Crippen molar-refractivity contribution in [1.29, 1.82) is 0 Å². The van der Waals surface area contributed by atoms with Crippen LogP contribution in [0.4, 0.5) is 4.39 Å². The Morgan fingerprint density at radius 3 is 2.86 bits per heavy atom. The zero-order valence-electron chi connectivity index (χ0n) is 11.9. The number of hydrogen-bond donors (Lipinski definition) is 1. The van der Waals surface area contributed by atoms with Gasteiger partial charge in [0.1, 0.15) is 5.82 Å². The summed E-state index contributed by atoms with van der Waals surface area (Å²) in [6.45, 7) is 2.75. The van der Waals surface area contributed by atoms with E-state index in [1.165, 1.54) is 6.07 Å². The molecular weight excluding hydrogens is 291 g/mol. The van der Waals surface area contributed by atoms with Gasteiger partial charge in [0.2, 0.25) is 0 Å². The highest BCUT2D eigenvalue weighted by atomic mass is 35.5. The van der Waals surface area contributed by atoms with Crippen LogP contribution in [0.2, 0.25) is 5.02 Å². The number of halogens is 2. The number of benzene rings is 1. The minimum atomic E-state index is -0.530. The van der Waals surface area contributed by atoms with Crippen molar-refractivity contribution >= 4 is 17.5 Å². The molecular formula is C16H20ClFN2O. The fraction of sp³-hybridized carbons (Fsp3) is 0.562. The number of rotatable bonds is 4. The van der Waals surface area contributed by atoms with Gasteiger partial charge in [0.05, 0.1) is 10.6 Å². The average Bonchev–Trinajstić information content (AvgIpc) is 3.33. The van der Waals surface area contributed by atoms with Crippen molar-refractivity contribution in [3.05, 3.63) is 34.6 Å². The minimum absolute atomic E-state index is 0.0603. The van der Waals surface area contributed by atoms with Crippen LogP contribution in [-0.4, -0.2) is 36.5 Å². The molecule has 1 unspecified atom stereocenters. The molecule has 0 radical (unpaired) electrons. The van der Waals surface area contributed by atoms with E-state index in [0.29, 0.717) is 12.0 Å². The van der Waals surface area contributed by atoms with Crippen molar-refractivity contribution < 1.29 is 9.18 Å². The molecule has 2 fully saturated rings. The van der Waals surface area contributed by atoms with E-state index >= 15 is 0 Å². The van der Waals surface area contributed by atoms with E-state index < -0.39 is 5.82 Å². The van der Waals surface area contributed by atoms with Crippen LogP contribution in [-0.2, 0) is 0 Å². The first kappa shape index (κ1) is 14.8. The molecule has 1 saturated heterocycles. The molecule has 1 aliphatic heterocycles. The Hall–Kier alpha value is -1.13. The smallest absolute Gasteiger partial charge is 0.255 e. The van der Waals surface area contributed by atoms with Crippen molar-refractivity contribution in [2.75, 3.05) is 19.6 Å². The van der Waals surface area contributed by atoms with Crippen molar-refractivity contribution in [3.63, 3.8) is 0 Å². The second-order valence-electron chi connectivity index (χ2n) is 6.00. The van der Waals surface area contributed by atoms with Gasteiger partial charge in [-0.25, -0.2) is 4.39 Å². The largest absolute Gasteiger partial charge is 0.335 e. The van der Waals surface area contributed by atoms with Crippen LogP contribution in [0.1, 0.15) is 36.0 Å². The van der Waals surface area contributed by atoms with Crippen molar-refractivity contribution in [3.8, 4) is 0 Å². The third kappa shape index (κ3) is 3.38. The van der Waals surface area contributed by atoms with E-state index in [0.717, 1.165) is 45.3 Å². The number of carbonyl (C=O) groups excluding carboxylic acids is 1. The SMILES string of the molecule is O=C(c1cccc(F)c1Cl)N(CC1CCCNC1)C1CC1. The van der Waals surface area contributed by atoms with Gasteiger partial charge in [0.25, 0.3) is 5.91 Å². The topological polar surface area (TPSA) is 32.3 Å². The third-order valence-corrected chi connectivity index (χ3v) is 4.67. The lowest BCUT2D eigenvalue weighted by atomic mass is 9.98. The molecule has 3 rings (SSSR count). The molecule has 3 nitrogen and oxygen atoms in total. The summed E-state index contributed by atoms with van der Waals surface area (Å²) in [5, 5.41) is 3.31. The zero-order chi connectivity index (χ0) is 14.8. The monoisotopic (exact) mass is 310 g/mol. The van der Waals surface area contributed by atoms with E-state index in [2.05, 4.69) is 5.32 Å². The highest BCUT2D eigenvalue weighted by molar-refractivity contribution is 6.34. The summed E-state index contributed by atoms with van der Waals surface area (Å²) in [5.41, 5.74) is 0.285. The number of piperidine rings is 1. The van der Waals surface area contributed by atoms with Crippen LogP contribution in [0.3, 0.4) is 0 Å². The third-order valence-electron chi connectivity index (χ3n) is 4.28. The molecule has 1 N–H and O–H groups in total. The molecule has 2 aliphatic rings. The van der Waals surface area contributed by atoms with Gasteiger partial charge >= 0.3 is 0 Å². The maximum Gasteiger partial charge on any atom is 0.255 e. The van der Waals surface area contributed by atoms with Gasteiger partial charge in [-0.2, -0.15) is 0 Å². The molecule has 1 saturated carbocycles. The Morgan fingerprint density at radius 2 is 2.19 bits per heavy atom. The Labute approximate surface area is 129 Å².